The number of aromatic nitrogens is 2. The monoisotopic (exact) mass is 231 g/mol. The van der Waals surface area contributed by atoms with Crippen LogP contribution in [0.4, 0.5) is 0 Å². The van der Waals surface area contributed by atoms with Crippen LogP contribution in [0.5, 0.6) is 0 Å². The maximum absolute atomic E-state index is 4.31. The van der Waals surface area contributed by atoms with E-state index in [-0.39, 0.29) is 0 Å². The Labute approximate surface area is 98.8 Å². The van der Waals surface area contributed by atoms with E-state index in [0.717, 1.165) is 19.6 Å². The van der Waals surface area contributed by atoms with Crippen LogP contribution in [-0.4, -0.2) is 14.9 Å². The average molecular weight is 231 g/mol. The zero-order valence-electron chi connectivity index (χ0n) is 9.18. The topological polar surface area (TPSA) is 29.0 Å². The molecule has 0 radical (unpaired) electrons. The summed E-state index contributed by atoms with van der Waals surface area (Å²) in [7, 11) is 0. The first-order valence-corrected chi connectivity index (χ1v) is 6.18. The number of rotatable bonds is 2. The number of aryl methyl sites for hydroxylation is 1. The van der Waals surface area contributed by atoms with E-state index in [2.05, 4.69) is 33.9 Å². The Kier molecular flexibility index (Phi) is 2.46. The minimum Gasteiger partial charge on any atom is -0.288 e. The van der Waals surface area contributed by atoms with Crippen molar-refractivity contribution in [3.8, 4) is 0 Å². The molecular weight excluding hydrogens is 218 g/mol. The number of hydrogen-bond donors (Lipinski definition) is 0. The first-order chi connectivity index (χ1) is 7.81. The zero-order chi connectivity index (χ0) is 11.0. The van der Waals surface area contributed by atoms with Crippen LogP contribution in [0.25, 0.3) is 0 Å². The molecule has 3 nitrogen and oxygen atoms in total. The van der Waals surface area contributed by atoms with E-state index < -0.39 is 0 Å². The molecule has 0 bridgehead atoms. The highest BCUT2D eigenvalue weighted by Crippen LogP contribution is 2.24. The van der Waals surface area contributed by atoms with Crippen LogP contribution in [0.2, 0.25) is 0 Å². The standard InChI is InChI=1S/C12H13N3S/c1-9-2-3-11(16-9)6-15-5-10-4-13-8-14-12(10)7-15/h2-4,8H,5-7H2,1H3. The smallest absolute Gasteiger partial charge is 0.115 e. The summed E-state index contributed by atoms with van der Waals surface area (Å²) in [6, 6.07) is 4.40. The van der Waals surface area contributed by atoms with Gasteiger partial charge < -0.3 is 0 Å². The lowest BCUT2D eigenvalue weighted by atomic mass is 10.3. The minimum atomic E-state index is 0.953. The summed E-state index contributed by atoms with van der Waals surface area (Å²) in [4.78, 5) is 13.6. The molecule has 0 saturated heterocycles. The molecule has 4 heteroatoms. The van der Waals surface area contributed by atoms with Crippen molar-refractivity contribution in [3.05, 3.63) is 45.7 Å². The summed E-state index contributed by atoms with van der Waals surface area (Å²) < 4.78 is 0. The minimum absolute atomic E-state index is 0.953. The van der Waals surface area contributed by atoms with Crippen LogP contribution in [0, 0.1) is 6.92 Å². The third-order valence-corrected chi connectivity index (χ3v) is 3.81. The Bertz CT molecular complexity index is 481. The van der Waals surface area contributed by atoms with Crippen molar-refractivity contribution in [1.82, 2.24) is 14.9 Å². The van der Waals surface area contributed by atoms with Crippen LogP contribution >= 0.6 is 11.3 Å². The molecule has 3 heterocycles. The Morgan fingerprint density at radius 2 is 2.31 bits per heavy atom. The molecule has 0 saturated carbocycles. The van der Waals surface area contributed by atoms with E-state index in [9.17, 15) is 0 Å². The lowest BCUT2D eigenvalue weighted by Gasteiger charge is -2.12. The highest BCUT2D eigenvalue weighted by atomic mass is 32.1. The van der Waals surface area contributed by atoms with Gasteiger partial charge in [-0.05, 0) is 19.1 Å². The maximum Gasteiger partial charge on any atom is 0.115 e. The molecule has 1 aliphatic heterocycles. The highest BCUT2D eigenvalue weighted by molar-refractivity contribution is 7.11. The van der Waals surface area contributed by atoms with Gasteiger partial charge in [0.15, 0.2) is 0 Å². The maximum atomic E-state index is 4.31. The highest BCUT2D eigenvalue weighted by Gasteiger charge is 2.20. The molecule has 2 aromatic rings. The fourth-order valence-electron chi connectivity index (χ4n) is 2.07. The van der Waals surface area contributed by atoms with E-state index in [1.165, 1.54) is 21.0 Å². The summed E-state index contributed by atoms with van der Waals surface area (Å²) in [5.74, 6) is 0. The van der Waals surface area contributed by atoms with Gasteiger partial charge in [0.1, 0.15) is 6.33 Å². The number of hydrogen-bond acceptors (Lipinski definition) is 4. The Balaban J connectivity index is 1.72. The molecule has 0 aliphatic carbocycles. The number of nitrogens with zero attached hydrogens (tertiary/aromatic N) is 3. The van der Waals surface area contributed by atoms with Crippen molar-refractivity contribution in [2.45, 2.75) is 26.6 Å². The summed E-state index contributed by atoms with van der Waals surface area (Å²) in [6.07, 6.45) is 3.57. The quantitative estimate of drug-likeness (QED) is 0.794. The van der Waals surface area contributed by atoms with Crippen LogP contribution in [0.1, 0.15) is 21.0 Å². The van der Waals surface area contributed by atoms with Crippen LogP contribution in [0.15, 0.2) is 24.7 Å². The van der Waals surface area contributed by atoms with Crippen LogP contribution in [-0.2, 0) is 19.6 Å². The van der Waals surface area contributed by atoms with Crippen molar-refractivity contribution < 1.29 is 0 Å². The van der Waals surface area contributed by atoms with Gasteiger partial charge in [-0.15, -0.1) is 11.3 Å². The van der Waals surface area contributed by atoms with E-state index >= 15 is 0 Å². The van der Waals surface area contributed by atoms with Crippen molar-refractivity contribution >= 4 is 11.3 Å². The molecule has 2 aromatic heterocycles. The van der Waals surface area contributed by atoms with Gasteiger partial charge in [0.25, 0.3) is 0 Å². The van der Waals surface area contributed by atoms with Gasteiger partial charge in [-0.3, -0.25) is 4.90 Å². The Morgan fingerprint density at radius 1 is 1.38 bits per heavy atom. The molecular formula is C12H13N3S. The molecule has 16 heavy (non-hydrogen) atoms. The van der Waals surface area contributed by atoms with Crippen LogP contribution < -0.4 is 0 Å². The number of thiophene rings is 1. The largest absolute Gasteiger partial charge is 0.288 e. The second-order valence-corrected chi connectivity index (χ2v) is 5.52. The SMILES string of the molecule is Cc1ccc(CN2Cc3cncnc3C2)s1. The second kappa shape index (κ2) is 3.96. The van der Waals surface area contributed by atoms with Crippen LogP contribution in [0.3, 0.4) is 0 Å². The van der Waals surface area contributed by atoms with Crippen molar-refractivity contribution in [2.24, 2.45) is 0 Å². The van der Waals surface area contributed by atoms with Gasteiger partial charge in [-0.1, -0.05) is 0 Å². The molecule has 82 valence electrons. The summed E-state index contributed by atoms with van der Waals surface area (Å²) >= 11 is 1.88. The Hall–Kier alpha value is -1.26. The third-order valence-electron chi connectivity index (χ3n) is 2.82. The number of fused-ring (bicyclic) bond motifs is 1. The fraction of sp³-hybridized carbons (Fsp3) is 0.333. The molecule has 0 amide bonds. The van der Waals surface area contributed by atoms with Gasteiger partial charge in [0.05, 0.1) is 5.69 Å². The third kappa shape index (κ3) is 1.86. The molecule has 3 rings (SSSR count). The lowest BCUT2D eigenvalue weighted by molar-refractivity contribution is 0.276. The van der Waals surface area contributed by atoms with Gasteiger partial charge in [0.2, 0.25) is 0 Å². The van der Waals surface area contributed by atoms with Gasteiger partial charge >= 0.3 is 0 Å². The molecule has 1 aliphatic rings. The summed E-state index contributed by atoms with van der Waals surface area (Å²) in [6.45, 7) is 5.11. The van der Waals surface area contributed by atoms with Gasteiger partial charge in [-0.2, -0.15) is 0 Å². The second-order valence-electron chi connectivity index (χ2n) is 4.15. The summed E-state index contributed by atoms with van der Waals surface area (Å²) in [5, 5.41) is 0. The van der Waals surface area contributed by atoms with Crippen molar-refractivity contribution in [2.75, 3.05) is 0 Å². The first kappa shape index (κ1) is 9.93. The predicted octanol–water partition coefficient (Wildman–Crippen LogP) is 2.36. The van der Waals surface area contributed by atoms with Crippen molar-refractivity contribution in [3.63, 3.8) is 0 Å². The zero-order valence-corrected chi connectivity index (χ0v) is 10.00. The van der Waals surface area contributed by atoms with E-state index in [1.807, 2.05) is 17.5 Å². The van der Waals surface area contributed by atoms with Gasteiger partial charge in [0, 0.05) is 41.1 Å². The Morgan fingerprint density at radius 3 is 3.06 bits per heavy atom. The molecule has 0 unspecified atom stereocenters. The molecule has 0 spiro atoms. The van der Waals surface area contributed by atoms with Crippen molar-refractivity contribution in [1.29, 1.82) is 0 Å². The lowest BCUT2D eigenvalue weighted by Crippen LogP contribution is -2.14. The molecule has 0 aromatic carbocycles. The average Bonchev–Trinajstić information content (AvgIpc) is 2.84. The van der Waals surface area contributed by atoms with Gasteiger partial charge in [-0.25, -0.2) is 9.97 Å². The molecule has 0 atom stereocenters. The first-order valence-electron chi connectivity index (χ1n) is 5.37. The molecule has 0 N–H and O–H groups in total. The fourth-order valence-corrected chi connectivity index (χ4v) is 3.00. The predicted molar refractivity (Wildman–Crippen MR) is 64.0 cm³/mol. The normalized spacial score (nSPS) is 15.3. The van der Waals surface area contributed by atoms with E-state index in [0.29, 0.717) is 0 Å². The summed E-state index contributed by atoms with van der Waals surface area (Å²) in [5.41, 5.74) is 2.46. The van der Waals surface area contributed by atoms with E-state index in [4.69, 9.17) is 0 Å². The van der Waals surface area contributed by atoms with E-state index in [1.54, 1.807) is 6.33 Å². The molecule has 0 fully saturated rings.